The van der Waals surface area contributed by atoms with Crippen LogP contribution in [0.3, 0.4) is 0 Å². The van der Waals surface area contributed by atoms with Gasteiger partial charge in [-0.15, -0.1) is 0 Å². The third-order valence-corrected chi connectivity index (χ3v) is 3.11. The van der Waals surface area contributed by atoms with E-state index < -0.39 is 0 Å². The normalized spacial score (nSPS) is 10.1. The van der Waals surface area contributed by atoms with Crippen LogP contribution < -0.4 is 10.5 Å². The van der Waals surface area contributed by atoms with Gasteiger partial charge in [0.15, 0.2) is 0 Å². The number of para-hydroxylation sites is 1. The van der Waals surface area contributed by atoms with Gasteiger partial charge >= 0.3 is 0 Å². The number of benzene rings is 2. The predicted molar refractivity (Wildman–Crippen MR) is 70.5 cm³/mol. The fourth-order valence-electron chi connectivity index (χ4n) is 1.58. The van der Waals surface area contributed by atoms with Crippen LogP contribution in [0.25, 0.3) is 11.1 Å². The average Bonchev–Trinajstić information content (AvgIpc) is 2.32. The molecule has 2 N–H and O–H groups in total. The quantitative estimate of drug-likeness (QED) is 0.850. The monoisotopic (exact) mass is 277 g/mol. The van der Waals surface area contributed by atoms with E-state index in [1.165, 1.54) is 0 Å². The number of hydrogen-bond donors (Lipinski definition) is 1. The van der Waals surface area contributed by atoms with Crippen molar-refractivity contribution in [2.45, 2.75) is 0 Å². The van der Waals surface area contributed by atoms with Crippen LogP contribution in [-0.2, 0) is 0 Å². The molecule has 0 radical (unpaired) electrons. The molecule has 0 saturated heterocycles. The van der Waals surface area contributed by atoms with Crippen molar-refractivity contribution in [3.63, 3.8) is 0 Å². The highest BCUT2D eigenvalue weighted by molar-refractivity contribution is 9.10. The van der Waals surface area contributed by atoms with Crippen LogP contribution in [-0.4, -0.2) is 7.11 Å². The summed E-state index contributed by atoms with van der Waals surface area (Å²) in [6.45, 7) is 0. The Morgan fingerprint density at radius 1 is 1.12 bits per heavy atom. The molecule has 2 rings (SSSR count). The number of ether oxygens (including phenoxy) is 1. The van der Waals surface area contributed by atoms with E-state index in [1.807, 2.05) is 42.5 Å². The summed E-state index contributed by atoms with van der Waals surface area (Å²) in [5.41, 5.74) is 8.64. The van der Waals surface area contributed by atoms with Gasteiger partial charge in [-0.1, -0.05) is 24.3 Å². The lowest BCUT2D eigenvalue weighted by atomic mass is 10.0. The van der Waals surface area contributed by atoms with Crippen molar-refractivity contribution in [1.82, 2.24) is 0 Å². The molecule has 0 bridgehead atoms. The van der Waals surface area contributed by atoms with Crippen molar-refractivity contribution in [3.05, 3.63) is 46.9 Å². The standard InChI is InChI=1S/C13H12BrNO/c1-16-13-5-3-2-4-10(13)9-6-7-12(15)11(14)8-9/h2-8H,15H2,1H3. The van der Waals surface area contributed by atoms with Crippen LogP contribution in [0.2, 0.25) is 0 Å². The zero-order valence-corrected chi connectivity index (χ0v) is 10.5. The van der Waals surface area contributed by atoms with Gasteiger partial charge in [-0.2, -0.15) is 0 Å². The fraction of sp³-hybridized carbons (Fsp3) is 0.0769. The first kappa shape index (κ1) is 11.0. The molecule has 0 atom stereocenters. The van der Waals surface area contributed by atoms with Crippen molar-refractivity contribution < 1.29 is 4.74 Å². The van der Waals surface area contributed by atoms with Crippen LogP contribution in [0.1, 0.15) is 0 Å². The lowest BCUT2D eigenvalue weighted by molar-refractivity contribution is 0.416. The van der Waals surface area contributed by atoms with Gasteiger partial charge in [-0.3, -0.25) is 0 Å². The van der Waals surface area contributed by atoms with Gasteiger partial charge in [0.25, 0.3) is 0 Å². The van der Waals surface area contributed by atoms with Crippen LogP contribution >= 0.6 is 15.9 Å². The zero-order valence-electron chi connectivity index (χ0n) is 8.91. The molecular formula is C13H12BrNO. The van der Waals surface area contributed by atoms with Crippen LogP contribution in [0.4, 0.5) is 5.69 Å². The van der Waals surface area contributed by atoms with E-state index in [4.69, 9.17) is 10.5 Å². The maximum atomic E-state index is 5.76. The van der Waals surface area contributed by atoms with Gasteiger partial charge in [0.1, 0.15) is 5.75 Å². The average molecular weight is 278 g/mol. The highest BCUT2D eigenvalue weighted by Gasteiger charge is 2.05. The lowest BCUT2D eigenvalue weighted by Crippen LogP contribution is -1.89. The van der Waals surface area contributed by atoms with Crippen molar-refractivity contribution in [2.24, 2.45) is 0 Å². The lowest BCUT2D eigenvalue weighted by Gasteiger charge is -2.09. The summed E-state index contributed by atoms with van der Waals surface area (Å²) in [6, 6.07) is 13.8. The molecule has 0 amide bonds. The number of methoxy groups -OCH3 is 1. The maximum absolute atomic E-state index is 5.76. The summed E-state index contributed by atoms with van der Waals surface area (Å²) in [5, 5.41) is 0. The molecule has 0 aliphatic carbocycles. The van der Waals surface area contributed by atoms with E-state index in [1.54, 1.807) is 7.11 Å². The summed E-state index contributed by atoms with van der Waals surface area (Å²) in [5.74, 6) is 0.860. The summed E-state index contributed by atoms with van der Waals surface area (Å²) in [6.07, 6.45) is 0. The Labute approximate surface area is 103 Å². The van der Waals surface area contributed by atoms with Crippen molar-refractivity contribution in [3.8, 4) is 16.9 Å². The third kappa shape index (κ3) is 2.04. The van der Waals surface area contributed by atoms with Crippen molar-refractivity contribution in [2.75, 3.05) is 12.8 Å². The number of nitrogens with two attached hydrogens (primary N) is 1. The van der Waals surface area contributed by atoms with E-state index in [2.05, 4.69) is 15.9 Å². The first-order valence-electron chi connectivity index (χ1n) is 4.91. The van der Waals surface area contributed by atoms with Crippen LogP contribution in [0.15, 0.2) is 46.9 Å². The molecule has 2 aromatic carbocycles. The molecular weight excluding hydrogens is 266 g/mol. The highest BCUT2D eigenvalue weighted by Crippen LogP contribution is 2.32. The third-order valence-electron chi connectivity index (χ3n) is 2.42. The SMILES string of the molecule is COc1ccccc1-c1ccc(N)c(Br)c1. The Morgan fingerprint density at radius 2 is 1.88 bits per heavy atom. The second-order valence-electron chi connectivity index (χ2n) is 3.44. The molecule has 0 spiro atoms. The Morgan fingerprint density at radius 3 is 2.56 bits per heavy atom. The number of halogens is 1. The molecule has 0 aromatic heterocycles. The van der Waals surface area contributed by atoms with E-state index in [0.717, 1.165) is 27.0 Å². The Kier molecular flexibility index (Phi) is 3.15. The van der Waals surface area contributed by atoms with Crippen LogP contribution in [0.5, 0.6) is 5.75 Å². The van der Waals surface area contributed by atoms with Gasteiger partial charge in [0, 0.05) is 15.7 Å². The molecule has 2 nitrogen and oxygen atoms in total. The van der Waals surface area contributed by atoms with Crippen molar-refractivity contribution in [1.29, 1.82) is 0 Å². The summed E-state index contributed by atoms with van der Waals surface area (Å²) < 4.78 is 6.22. The van der Waals surface area contributed by atoms with Gasteiger partial charge in [-0.05, 0) is 39.7 Å². The number of rotatable bonds is 2. The molecule has 0 aliphatic rings. The largest absolute Gasteiger partial charge is 0.496 e. The zero-order chi connectivity index (χ0) is 11.5. The van der Waals surface area contributed by atoms with Gasteiger partial charge in [-0.25, -0.2) is 0 Å². The number of anilines is 1. The molecule has 0 aliphatic heterocycles. The van der Waals surface area contributed by atoms with Crippen LogP contribution in [0, 0.1) is 0 Å². The van der Waals surface area contributed by atoms with Gasteiger partial charge in [0.2, 0.25) is 0 Å². The number of nitrogen functional groups attached to an aromatic ring is 1. The van der Waals surface area contributed by atoms with Crippen molar-refractivity contribution >= 4 is 21.6 Å². The minimum atomic E-state index is 0.735. The minimum Gasteiger partial charge on any atom is -0.496 e. The maximum Gasteiger partial charge on any atom is 0.126 e. The van der Waals surface area contributed by atoms with E-state index in [-0.39, 0.29) is 0 Å². The van der Waals surface area contributed by atoms with E-state index in [0.29, 0.717) is 0 Å². The Bertz CT molecular complexity index is 511. The smallest absolute Gasteiger partial charge is 0.126 e. The second kappa shape index (κ2) is 4.58. The summed E-state index contributed by atoms with van der Waals surface area (Å²) in [7, 11) is 1.67. The predicted octanol–water partition coefficient (Wildman–Crippen LogP) is 3.71. The molecule has 0 saturated carbocycles. The molecule has 0 fully saturated rings. The second-order valence-corrected chi connectivity index (χ2v) is 4.29. The first-order valence-corrected chi connectivity index (χ1v) is 5.70. The molecule has 16 heavy (non-hydrogen) atoms. The van der Waals surface area contributed by atoms with Gasteiger partial charge in [0.05, 0.1) is 7.11 Å². The summed E-state index contributed by atoms with van der Waals surface area (Å²) >= 11 is 3.42. The molecule has 3 heteroatoms. The fourth-order valence-corrected chi connectivity index (χ4v) is 1.96. The number of hydrogen-bond acceptors (Lipinski definition) is 2. The van der Waals surface area contributed by atoms with E-state index >= 15 is 0 Å². The topological polar surface area (TPSA) is 35.2 Å². The Balaban J connectivity index is 2.54. The molecule has 0 heterocycles. The van der Waals surface area contributed by atoms with Gasteiger partial charge < -0.3 is 10.5 Å². The molecule has 0 unspecified atom stereocenters. The first-order chi connectivity index (χ1) is 7.72. The summed E-state index contributed by atoms with van der Waals surface area (Å²) in [4.78, 5) is 0. The molecule has 2 aromatic rings. The molecule has 82 valence electrons. The minimum absolute atomic E-state index is 0.735. The highest BCUT2D eigenvalue weighted by atomic mass is 79.9. The Hall–Kier alpha value is -1.48. The van der Waals surface area contributed by atoms with E-state index in [9.17, 15) is 0 Å².